The van der Waals surface area contributed by atoms with Crippen molar-refractivity contribution in [3.05, 3.63) is 42.5 Å². The minimum atomic E-state index is -0.288. The Balaban J connectivity index is 1.84. The van der Waals surface area contributed by atoms with E-state index in [2.05, 4.69) is 20.6 Å². The molecule has 7 heteroatoms. The molecule has 0 saturated carbocycles. The lowest BCUT2D eigenvalue weighted by Crippen LogP contribution is -2.30. The van der Waals surface area contributed by atoms with Crippen molar-refractivity contribution in [2.45, 2.75) is 6.42 Å². The van der Waals surface area contributed by atoms with E-state index in [1.54, 1.807) is 44.8 Å². The summed E-state index contributed by atoms with van der Waals surface area (Å²) < 4.78 is 10.3. The Morgan fingerprint density at radius 1 is 1.14 bits per heavy atom. The van der Waals surface area contributed by atoms with E-state index in [-0.39, 0.29) is 6.03 Å². The van der Waals surface area contributed by atoms with Crippen LogP contribution in [-0.4, -0.2) is 36.8 Å². The predicted molar refractivity (Wildman–Crippen MR) is 82.3 cm³/mol. The van der Waals surface area contributed by atoms with Crippen LogP contribution in [0.2, 0.25) is 0 Å². The third-order valence-corrected chi connectivity index (χ3v) is 2.95. The van der Waals surface area contributed by atoms with E-state index in [9.17, 15) is 4.79 Å². The minimum absolute atomic E-state index is 0.288. The zero-order valence-electron chi connectivity index (χ0n) is 12.5. The molecule has 22 heavy (non-hydrogen) atoms. The highest BCUT2D eigenvalue weighted by Gasteiger charge is 2.07. The van der Waals surface area contributed by atoms with Gasteiger partial charge in [-0.05, 0) is 24.1 Å². The largest absolute Gasteiger partial charge is 0.493 e. The van der Waals surface area contributed by atoms with Gasteiger partial charge in [0.05, 0.1) is 14.2 Å². The van der Waals surface area contributed by atoms with Crippen LogP contribution in [0.25, 0.3) is 0 Å². The third kappa shape index (κ3) is 4.34. The fourth-order valence-corrected chi connectivity index (χ4v) is 1.87. The van der Waals surface area contributed by atoms with Gasteiger partial charge in [0, 0.05) is 30.7 Å². The summed E-state index contributed by atoms with van der Waals surface area (Å²) in [6.45, 7) is 0.493. The van der Waals surface area contributed by atoms with E-state index in [1.165, 1.54) is 6.33 Å². The van der Waals surface area contributed by atoms with Crippen LogP contribution in [0.5, 0.6) is 11.5 Å². The summed E-state index contributed by atoms with van der Waals surface area (Å²) in [6.07, 6.45) is 5.59. The Labute approximate surface area is 128 Å². The zero-order chi connectivity index (χ0) is 15.8. The second kappa shape index (κ2) is 7.82. The molecule has 0 saturated heterocycles. The molecule has 1 aromatic carbocycles. The summed E-state index contributed by atoms with van der Waals surface area (Å²) in [6, 6.07) is 4.88. The number of hydrogen-bond donors (Lipinski definition) is 2. The number of rotatable bonds is 6. The number of urea groups is 1. The molecule has 0 aliphatic carbocycles. The van der Waals surface area contributed by atoms with Gasteiger partial charge in [-0.3, -0.25) is 0 Å². The number of ether oxygens (including phenoxy) is 2. The maximum absolute atomic E-state index is 11.8. The molecule has 0 radical (unpaired) electrons. The monoisotopic (exact) mass is 302 g/mol. The first kappa shape index (κ1) is 15.6. The lowest BCUT2D eigenvalue weighted by atomic mass is 10.2. The molecule has 2 N–H and O–H groups in total. The molecule has 116 valence electrons. The van der Waals surface area contributed by atoms with Crippen LogP contribution >= 0.6 is 0 Å². The van der Waals surface area contributed by atoms with Gasteiger partial charge in [-0.15, -0.1) is 0 Å². The highest BCUT2D eigenvalue weighted by atomic mass is 16.5. The number of nitrogens with one attached hydrogen (secondary N) is 2. The molecule has 0 bridgehead atoms. The van der Waals surface area contributed by atoms with E-state index in [0.717, 1.165) is 5.56 Å². The SMILES string of the molecule is COc1ccc(NC(=O)NCCc2cncnc2)cc1OC. The third-order valence-electron chi connectivity index (χ3n) is 2.95. The van der Waals surface area contributed by atoms with Crippen molar-refractivity contribution in [3.8, 4) is 11.5 Å². The molecule has 1 aromatic heterocycles. The van der Waals surface area contributed by atoms with Gasteiger partial charge in [-0.1, -0.05) is 0 Å². The molecule has 0 aliphatic heterocycles. The highest BCUT2D eigenvalue weighted by molar-refractivity contribution is 5.89. The smallest absolute Gasteiger partial charge is 0.319 e. The molecule has 2 aromatic rings. The first-order chi connectivity index (χ1) is 10.7. The number of nitrogens with zero attached hydrogens (tertiary/aromatic N) is 2. The number of carbonyl (C=O) groups excluding carboxylic acids is 1. The lowest BCUT2D eigenvalue weighted by molar-refractivity contribution is 0.252. The van der Waals surface area contributed by atoms with Crippen molar-refractivity contribution in [2.75, 3.05) is 26.1 Å². The summed E-state index contributed by atoms with van der Waals surface area (Å²) in [5.41, 5.74) is 1.59. The van der Waals surface area contributed by atoms with Crippen molar-refractivity contribution >= 4 is 11.7 Å². The molecular weight excluding hydrogens is 284 g/mol. The fourth-order valence-electron chi connectivity index (χ4n) is 1.87. The maximum atomic E-state index is 11.8. The average Bonchev–Trinajstić information content (AvgIpc) is 2.55. The van der Waals surface area contributed by atoms with Crippen molar-refractivity contribution in [1.82, 2.24) is 15.3 Å². The topological polar surface area (TPSA) is 85.4 Å². The van der Waals surface area contributed by atoms with Gasteiger partial charge in [0.25, 0.3) is 0 Å². The van der Waals surface area contributed by atoms with Gasteiger partial charge < -0.3 is 20.1 Å². The van der Waals surface area contributed by atoms with Crippen LogP contribution in [0.15, 0.2) is 36.9 Å². The van der Waals surface area contributed by atoms with E-state index < -0.39 is 0 Å². The molecule has 2 amide bonds. The molecule has 2 rings (SSSR count). The molecule has 0 unspecified atom stereocenters. The van der Waals surface area contributed by atoms with Gasteiger partial charge in [0.15, 0.2) is 11.5 Å². The van der Waals surface area contributed by atoms with Crippen LogP contribution in [0.3, 0.4) is 0 Å². The predicted octanol–water partition coefficient (Wildman–Crippen LogP) is 1.86. The number of carbonyl (C=O) groups is 1. The van der Waals surface area contributed by atoms with Crippen molar-refractivity contribution in [3.63, 3.8) is 0 Å². The Morgan fingerprint density at radius 3 is 2.55 bits per heavy atom. The molecule has 0 aliphatic rings. The normalized spacial score (nSPS) is 9.91. The Bertz CT molecular complexity index is 619. The van der Waals surface area contributed by atoms with Crippen LogP contribution < -0.4 is 20.1 Å². The number of hydrogen-bond acceptors (Lipinski definition) is 5. The Kier molecular flexibility index (Phi) is 5.53. The maximum Gasteiger partial charge on any atom is 0.319 e. The second-order valence-corrected chi connectivity index (χ2v) is 4.45. The second-order valence-electron chi connectivity index (χ2n) is 4.45. The average molecular weight is 302 g/mol. The minimum Gasteiger partial charge on any atom is -0.493 e. The highest BCUT2D eigenvalue weighted by Crippen LogP contribution is 2.29. The molecule has 0 atom stereocenters. The first-order valence-electron chi connectivity index (χ1n) is 6.73. The Hall–Kier alpha value is -2.83. The van der Waals surface area contributed by atoms with Gasteiger partial charge in [0.2, 0.25) is 0 Å². The van der Waals surface area contributed by atoms with Crippen LogP contribution in [0, 0.1) is 0 Å². The molecule has 1 heterocycles. The van der Waals surface area contributed by atoms with Crippen LogP contribution in [0.4, 0.5) is 10.5 Å². The molecule has 0 spiro atoms. The van der Waals surface area contributed by atoms with Gasteiger partial charge in [-0.25, -0.2) is 14.8 Å². The Morgan fingerprint density at radius 2 is 1.86 bits per heavy atom. The summed E-state index contributed by atoms with van der Waals surface area (Å²) in [4.78, 5) is 19.7. The fraction of sp³-hybridized carbons (Fsp3) is 0.267. The van der Waals surface area contributed by atoms with Gasteiger partial charge >= 0.3 is 6.03 Å². The lowest BCUT2D eigenvalue weighted by Gasteiger charge is -2.11. The standard InChI is InChI=1S/C15H18N4O3/c1-21-13-4-3-12(7-14(13)22-2)19-15(20)18-6-5-11-8-16-10-17-9-11/h3-4,7-10H,5-6H2,1-2H3,(H2,18,19,20). The number of amides is 2. The number of methoxy groups -OCH3 is 2. The number of anilines is 1. The molecular formula is C15H18N4O3. The van der Waals surface area contributed by atoms with E-state index in [0.29, 0.717) is 30.2 Å². The van der Waals surface area contributed by atoms with E-state index in [1.807, 2.05) is 0 Å². The molecule has 7 nitrogen and oxygen atoms in total. The quantitative estimate of drug-likeness (QED) is 0.850. The summed E-state index contributed by atoms with van der Waals surface area (Å²) >= 11 is 0. The summed E-state index contributed by atoms with van der Waals surface area (Å²) in [7, 11) is 3.11. The van der Waals surface area contributed by atoms with E-state index >= 15 is 0 Å². The van der Waals surface area contributed by atoms with Crippen LogP contribution in [-0.2, 0) is 6.42 Å². The summed E-state index contributed by atoms with van der Waals surface area (Å²) in [5.74, 6) is 1.17. The zero-order valence-corrected chi connectivity index (χ0v) is 12.5. The van der Waals surface area contributed by atoms with Gasteiger partial charge in [-0.2, -0.15) is 0 Å². The van der Waals surface area contributed by atoms with Crippen molar-refractivity contribution in [2.24, 2.45) is 0 Å². The first-order valence-corrected chi connectivity index (χ1v) is 6.73. The number of aromatic nitrogens is 2. The number of benzene rings is 1. The van der Waals surface area contributed by atoms with Crippen molar-refractivity contribution < 1.29 is 14.3 Å². The molecule has 0 fully saturated rings. The van der Waals surface area contributed by atoms with E-state index in [4.69, 9.17) is 9.47 Å². The van der Waals surface area contributed by atoms with Crippen LogP contribution in [0.1, 0.15) is 5.56 Å². The van der Waals surface area contributed by atoms with Crippen molar-refractivity contribution in [1.29, 1.82) is 0 Å². The van der Waals surface area contributed by atoms with Gasteiger partial charge in [0.1, 0.15) is 6.33 Å². The summed E-state index contributed by atoms with van der Waals surface area (Å²) in [5, 5.41) is 5.51.